The monoisotopic (exact) mass is 240 g/mol. The molecule has 0 aromatic heterocycles. The zero-order valence-corrected chi connectivity index (χ0v) is 10.9. The lowest BCUT2D eigenvalue weighted by Crippen LogP contribution is -2.15. The first-order chi connectivity index (χ1) is 7.32. The highest BCUT2D eigenvalue weighted by Gasteiger charge is 2.20. The van der Waals surface area contributed by atoms with E-state index in [1.165, 1.54) is 0 Å². The first-order valence-electron chi connectivity index (χ1n) is 5.23. The van der Waals surface area contributed by atoms with E-state index >= 15 is 0 Å². The first-order valence-corrected chi connectivity index (χ1v) is 5.61. The topological polar surface area (TPSA) is 26.3 Å². The minimum atomic E-state index is -0.483. The van der Waals surface area contributed by atoms with Gasteiger partial charge in [0, 0.05) is 0 Å². The molecule has 0 fully saturated rings. The Morgan fingerprint density at radius 3 is 2.50 bits per heavy atom. The van der Waals surface area contributed by atoms with E-state index in [1.54, 1.807) is 0 Å². The molecule has 0 aliphatic carbocycles. The SMILES string of the molecule is Cc1cccc(C(C)(C)C)c1OCC(=O)Cl. The van der Waals surface area contributed by atoms with E-state index in [0.29, 0.717) is 0 Å². The molecule has 0 aliphatic heterocycles. The Morgan fingerprint density at radius 1 is 1.38 bits per heavy atom. The Labute approximate surface area is 102 Å². The molecule has 0 N–H and O–H groups in total. The van der Waals surface area contributed by atoms with Crippen molar-refractivity contribution >= 4 is 16.8 Å². The fourth-order valence-corrected chi connectivity index (χ4v) is 1.62. The lowest BCUT2D eigenvalue weighted by Gasteiger charge is -2.23. The molecule has 0 aliphatic rings. The molecule has 16 heavy (non-hydrogen) atoms. The number of hydrogen-bond acceptors (Lipinski definition) is 2. The molecule has 3 heteroatoms. The average Bonchev–Trinajstić information content (AvgIpc) is 2.13. The van der Waals surface area contributed by atoms with Crippen LogP contribution in [0.15, 0.2) is 18.2 Å². The Bertz CT molecular complexity index is 391. The van der Waals surface area contributed by atoms with E-state index in [1.807, 2.05) is 25.1 Å². The number of aryl methyl sites for hydroxylation is 1. The highest BCUT2D eigenvalue weighted by molar-refractivity contribution is 6.63. The van der Waals surface area contributed by atoms with E-state index in [2.05, 4.69) is 20.8 Å². The molecule has 0 amide bonds. The number of benzene rings is 1. The molecule has 2 nitrogen and oxygen atoms in total. The van der Waals surface area contributed by atoms with Crippen molar-refractivity contribution < 1.29 is 9.53 Å². The summed E-state index contributed by atoms with van der Waals surface area (Å²) in [6.45, 7) is 8.20. The van der Waals surface area contributed by atoms with Gasteiger partial charge in [-0.25, -0.2) is 0 Å². The number of ether oxygens (including phenoxy) is 1. The second kappa shape index (κ2) is 4.88. The fraction of sp³-hybridized carbons (Fsp3) is 0.462. The molecule has 88 valence electrons. The third kappa shape index (κ3) is 3.24. The van der Waals surface area contributed by atoms with Gasteiger partial charge >= 0.3 is 0 Å². The molecule has 0 unspecified atom stereocenters. The number of hydrogen-bond donors (Lipinski definition) is 0. The summed E-state index contributed by atoms with van der Waals surface area (Å²) in [7, 11) is 0. The lowest BCUT2D eigenvalue weighted by atomic mass is 9.85. The van der Waals surface area contributed by atoms with Crippen LogP contribution in [0.4, 0.5) is 0 Å². The Kier molecular flexibility index (Phi) is 3.98. The number of carbonyl (C=O) groups is 1. The first kappa shape index (κ1) is 13.0. The van der Waals surface area contributed by atoms with E-state index in [-0.39, 0.29) is 12.0 Å². The van der Waals surface area contributed by atoms with Gasteiger partial charge in [-0.15, -0.1) is 0 Å². The molecule has 0 radical (unpaired) electrons. The van der Waals surface area contributed by atoms with Crippen molar-refractivity contribution in [2.24, 2.45) is 0 Å². The molecule has 1 aromatic carbocycles. The number of halogens is 1. The molecule has 0 atom stereocenters. The van der Waals surface area contributed by atoms with Crippen LogP contribution in [-0.2, 0) is 10.2 Å². The van der Waals surface area contributed by atoms with Gasteiger partial charge in [0.2, 0.25) is 0 Å². The predicted octanol–water partition coefficient (Wildman–Crippen LogP) is 3.44. The molecule has 0 bridgehead atoms. The van der Waals surface area contributed by atoms with Gasteiger partial charge in [-0.05, 0) is 35.1 Å². The second-order valence-corrected chi connectivity index (χ2v) is 5.27. The minimum Gasteiger partial charge on any atom is -0.484 e. The van der Waals surface area contributed by atoms with E-state index in [9.17, 15) is 4.79 Å². The molecule has 0 spiro atoms. The number of para-hydroxylation sites is 1. The Balaban J connectivity index is 3.09. The molecule has 0 heterocycles. The zero-order chi connectivity index (χ0) is 12.3. The van der Waals surface area contributed by atoms with Crippen LogP contribution in [-0.4, -0.2) is 11.8 Å². The molecular weight excluding hydrogens is 224 g/mol. The van der Waals surface area contributed by atoms with E-state index in [4.69, 9.17) is 16.3 Å². The van der Waals surface area contributed by atoms with Gasteiger partial charge in [0.05, 0.1) is 0 Å². The van der Waals surface area contributed by atoms with Crippen molar-refractivity contribution in [2.75, 3.05) is 6.61 Å². The van der Waals surface area contributed by atoms with Gasteiger partial charge in [-0.1, -0.05) is 39.0 Å². The maximum Gasteiger partial charge on any atom is 0.259 e. The van der Waals surface area contributed by atoms with Crippen LogP contribution < -0.4 is 4.74 Å². The zero-order valence-electron chi connectivity index (χ0n) is 10.1. The Morgan fingerprint density at radius 2 is 2.00 bits per heavy atom. The van der Waals surface area contributed by atoms with Gasteiger partial charge in [0.1, 0.15) is 5.75 Å². The fourth-order valence-electron chi connectivity index (χ4n) is 1.56. The molecule has 1 aromatic rings. The van der Waals surface area contributed by atoms with E-state index in [0.717, 1.165) is 16.9 Å². The third-order valence-electron chi connectivity index (χ3n) is 2.35. The second-order valence-electron chi connectivity index (χ2n) is 4.85. The van der Waals surface area contributed by atoms with Gasteiger partial charge in [-0.3, -0.25) is 4.79 Å². The van der Waals surface area contributed by atoms with Gasteiger partial charge < -0.3 is 4.74 Å². The molecule has 0 saturated heterocycles. The normalized spacial score (nSPS) is 11.3. The van der Waals surface area contributed by atoms with Crippen molar-refractivity contribution in [3.05, 3.63) is 29.3 Å². The van der Waals surface area contributed by atoms with Crippen LogP contribution in [0.1, 0.15) is 31.9 Å². The van der Waals surface area contributed by atoms with E-state index < -0.39 is 5.24 Å². The maximum atomic E-state index is 10.7. The summed E-state index contributed by atoms with van der Waals surface area (Å²) >= 11 is 5.28. The number of carbonyl (C=O) groups excluding carboxylic acids is 1. The smallest absolute Gasteiger partial charge is 0.259 e. The van der Waals surface area contributed by atoms with Crippen LogP contribution >= 0.6 is 11.6 Å². The van der Waals surface area contributed by atoms with Gasteiger partial charge in [-0.2, -0.15) is 0 Å². The average molecular weight is 241 g/mol. The quantitative estimate of drug-likeness (QED) is 0.757. The molecule has 1 rings (SSSR count). The summed E-state index contributed by atoms with van der Waals surface area (Å²) in [5, 5.41) is -0.483. The molecule has 0 saturated carbocycles. The lowest BCUT2D eigenvalue weighted by molar-refractivity contribution is -0.113. The standard InChI is InChI=1S/C13H17ClO2/c1-9-6-5-7-10(13(2,3)4)12(9)16-8-11(14)15/h5-7H,8H2,1-4H3. The predicted molar refractivity (Wildman–Crippen MR) is 66.2 cm³/mol. The summed E-state index contributed by atoms with van der Waals surface area (Å²) < 4.78 is 5.47. The maximum absolute atomic E-state index is 10.7. The minimum absolute atomic E-state index is 0.0171. The van der Waals surface area contributed by atoms with Crippen molar-refractivity contribution in [2.45, 2.75) is 33.1 Å². The summed E-state index contributed by atoms with van der Waals surface area (Å²) in [4.78, 5) is 10.7. The van der Waals surface area contributed by atoms with Crippen LogP contribution in [0, 0.1) is 6.92 Å². The highest BCUT2D eigenvalue weighted by Crippen LogP contribution is 2.33. The van der Waals surface area contributed by atoms with Crippen LogP contribution in [0.25, 0.3) is 0 Å². The summed E-state index contributed by atoms with van der Waals surface area (Å²) in [5.41, 5.74) is 2.09. The van der Waals surface area contributed by atoms with Crippen molar-refractivity contribution in [3.8, 4) is 5.75 Å². The van der Waals surface area contributed by atoms with Gasteiger partial charge in [0.15, 0.2) is 6.61 Å². The summed E-state index contributed by atoms with van der Waals surface area (Å²) in [6, 6.07) is 5.97. The van der Waals surface area contributed by atoms with Crippen LogP contribution in [0.2, 0.25) is 0 Å². The highest BCUT2D eigenvalue weighted by atomic mass is 35.5. The van der Waals surface area contributed by atoms with Crippen molar-refractivity contribution in [1.29, 1.82) is 0 Å². The third-order valence-corrected chi connectivity index (χ3v) is 2.46. The largest absolute Gasteiger partial charge is 0.484 e. The van der Waals surface area contributed by atoms with Crippen LogP contribution in [0.5, 0.6) is 5.75 Å². The van der Waals surface area contributed by atoms with Gasteiger partial charge in [0.25, 0.3) is 5.24 Å². The Hall–Kier alpha value is -1.02. The van der Waals surface area contributed by atoms with Crippen LogP contribution in [0.3, 0.4) is 0 Å². The summed E-state index contributed by atoms with van der Waals surface area (Å²) in [6.07, 6.45) is 0. The molecular formula is C13H17ClO2. The van der Waals surface area contributed by atoms with Crippen molar-refractivity contribution in [1.82, 2.24) is 0 Å². The summed E-state index contributed by atoms with van der Waals surface area (Å²) in [5.74, 6) is 0.768. The van der Waals surface area contributed by atoms with Crippen molar-refractivity contribution in [3.63, 3.8) is 0 Å². The number of rotatable bonds is 3.